The average molecular weight is 440 g/mol. The van der Waals surface area contributed by atoms with E-state index in [4.69, 9.17) is 18.9 Å². The fourth-order valence-electron chi connectivity index (χ4n) is 3.74. The summed E-state index contributed by atoms with van der Waals surface area (Å²) in [7, 11) is 0. The van der Waals surface area contributed by atoms with E-state index in [2.05, 4.69) is 6.58 Å². The smallest absolute Gasteiger partial charge is 0.333 e. The molecule has 0 bridgehead atoms. The van der Waals surface area contributed by atoms with Crippen LogP contribution in [0.4, 0.5) is 4.39 Å². The Balaban J connectivity index is 1.33. The third-order valence-corrected chi connectivity index (χ3v) is 5.58. The normalized spacial score (nSPS) is 21.9. The van der Waals surface area contributed by atoms with Crippen LogP contribution in [0, 0.1) is 11.2 Å². The molecule has 0 amide bonds. The van der Waals surface area contributed by atoms with Crippen molar-refractivity contribution < 1.29 is 32.9 Å². The second-order valence-corrected chi connectivity index (χ2v) is 8.74. The molecule has 2 saturated heterocycles. The van der Waals surface area contributed by atoms with Crippen LogP contribution in [0.1, 0.15) is 26.7 Å². The maximum atomic E-state index is 14.6. The molecule has 0 spiro atoms. The third-order valence-electron chi connectivity index (χ3n) is 5.58. The highest BCUT2D eigenvalue weighted by Gasteiger charge is 2.41. The first-order valence-corrected chi connectivity index (χ1v) is 10.5. The van der Waals surface area contributed by atoms with Crippen molar-refractivity contribution in [1.82, 2.24) is 0 Å². The minimum atomic E-state index is -0.539. The highest BCUT2D eigenvalue weighted by atomic mass is 19.1. The van der Waals surface area contributed by atoms with Crippen molar-refractivity contribution in [1.29, 1.82) is 0 Å². The fraction of sp³-hybridized carbons (Fsp3) is 0.360. The van der Waals surface area contributed by atoms with Crippen molar-refractivity contribution in [2.45, 2.75) is 38.9 Å². The summed E-state index contributed by atoms with van der Waals surface area (Å²) in [5.74, 6) is -0.394. The first-order valence-electron chi connectivity index (χ1n) is 10.5. The van der Waals surface area contributed by atoms with Crippen LogP contribution in [0.3, 0.4) is 0 Å². The lowest BCUT2D eigenvalue weighted by atomic mass is 9.90. The predicted molar refractivity (Wildman–Crippen MR) is 115 cm³/mol. The number of benzene rings is 2. The van der Waals surface area contributed by atoms with E-state index in [0.717, 1.165) is 5.56 Å². The summed E-state index contributed by atoms with van der Waals surface area (Å²) in [6, 6.07) is 11.9. The van der Waals surface area contributed by atoms with Crippen molar-refractivity contribution in [2.75, 3.05) is 13.2 Å². The van der Waals surface area contributed by atoms with Crippen LogP contribution in [0.2, 0.25) is 0 Å². The van der Waals surface area contributed by atoms with Gasteiger partial charge in [-0.05, 0) is 49.2 Å². The first kappa shape index (κ1) is 21.9. The lowest BCUT2D eigenvalue weighted by Crippen LogP contribution is -2.18. The highest BCUT2D eigenvalue weighted by molar-refractivity contribution is 5.89. The Morgan fingerprint density at radius 2 is 1.69 bits per heavy atom. The summed E-state index contributed by atoms with van der Waals surface area (Å²) in [5, 5.41) is 0. The van der Waals surface area contributed by atoms with Crippen molar-refractivity contribution in [3.63, 3.8) is 0 Å². The van der Waals surface area contributed by atoms with Gasteiger partial charge in [-0.25, -0.2) is 9.18 Å². The minimum absolute atomic E-state index is 0.112. The van der Waals surface area contributed by atoms with E-state index in [0.29, 0.717) is 29.7 Å². The van der Waals surface area contributed by atoms with E-state index in [1.807, 2.05) is 26.0 Å². The number of halogens is 1. The van der Waals surface area contributed by atoms with E-state index >= 15 is 0 Å². The Hall–Kier alpha value is -3.35. The molecule has 0 saturated carbocycles. The molecular formula is C25H25FO6. The van der Waals surface area contributed by atoms with Crippen molar-refractivity contribution in [2.24, 2.45) is 5.41 Å². The SMILES string of the molecule is C=C1CC(COc2ccc(-c3ccc(OCC4CC(C)(C)C(=O)O4)c(F)c3)cc2)OC1=O. The number of carbonyl (C=O) groups excluding carboxylic acids is 2. The second-order valence-electron chi connectivity index (χ2n) is 8.74. The first-order chi connectivity index (χ1) is 15.2. The van der Waals surface area contributed by atoms with Crippen molar-refractivity contribution in [3.8, 4) is 22.6 Å². The molecule has 2 atom stereocenters. The summed E-state index contributed by atoms with van der Waals surface area (Å²) in [4.78, 5) is 23.1. The van der Waals surface area contributed by atoms with Gasteiger partial charge in [0.25, 0.3) is 0 Å². The summed E-state index contributed by atoms with van der Waals surface area (Å²) >= 11 is 0. The van der Waals surface area contributed by atoms with Gasteiger partial charge in [0.15, 0.2) is 11.6 Å². The summed E-state index contributed by atoms with van der Waals surface area (Å²) in [6.07, 6.45) is 0.300. The lowest BCUT2D eigenvalue weighted by Gasteiger charge is -2.13. The highest BCUT2D eigenvalue weighted by Crippen LogP contribution is 2.34. The van der Waals surface area contributed by atoms with Crippen LogP contribution in [0.25, 0.3) is 11.1 Å². The maximum absolute atomic E-state index is 14.6. The largest absolute Gasteiger partial charge is 0.490 e. The van der Waals surface area contributed by atoms with Gasteiger partial charge in [-0.15, -0.1) is 0 Å². The average Bonchev–Trinajstić information content (AvgIpc) is 3.22. The Labute approximate surface area is 185 Å². The van der Waals surface area contributed by atoms with Crippen LogP contribution in [-0.4, -0.2) is 37.4 Å². The molecule has 2 aromatic carbocycles. The van der Waals surface area contributed by atoms with Crippen LogP contribution in [-0.2, 0) is 19.1 Å². The van der Waals surface area contributed by atoms with E-state index in [-0.39, 0.29) is 43.1 Å². The number of cyclic esters (lactones) is 2. The number of carbonyl (C=O) groups is 2. The van der Waals surface area contributed by atoms with Gasteiger partial charge in [0, 0.05) is 18.4 Å². The third kappa shape index (κ3) is 4.77. The van der Waals surface area contributed by atoms with Gasteiger partial charge < -0.3 is 18.9 Å². The molecule has 7 heteroatoms. The van der Waals surface area contributed by atoms with Gasteiger partial charge in [-0.1, -0.05) is 24.8 Å². The van der Waals surface area contributed by atoms with Gasteiger partial charge in [0.05, 0.1) is 5.41 Å². The minimum Gasteiger partial charge on any atom is -0.490 e. The Bertz CT molecular complexity index is 1030. The van der Waals surface area contributed by atoms with Gasteiger partial charge in [-0.2, -0.15) is 0 Å². The molecule has 0 aliphatic carbocycles. The van der Waals surface area contributed by atoms with Gasteiger partial charge in [0.2, 0.25) is 0 Å². The molecule has 2 fully saturated rings. The monoisotopic (exact) mass is 440 g/mol. The van der Waals surface area contributed by atoms with E-state index < -0.39 is 11.2 Å². The zero-order valence-electron chi connectivity index (χ0n) is 18.1. The molecule has 2 aromatic rings. The second kappa shape index (κ2) is 8.65. The van der Waals surface area contributed by atoms with Crippen LogP contribution < -0.4 is 9.47 Å². The molecule has 2 aliphatic rings. The van der Waals surface area contributed by atoms with E-state index in [1.54, 1.807) is 24.3 Å². The molecular weight excluding hydrogens is 415 g/mol. The van der Waals surface area contributed by atoms with Gasteiger partial charge >= 0.3 is 11.9 Å². The Morgan fingerprint density at radius 3 is 2.28 bits per heavy atom. The predicted octanol–water partition coefficient (Wildman–Crippen LogP) is 4.46. The molecule has 32 heavy (non-hydrogen) atoms. The van der Waals surface area contributed by atoms with Crippen LogP contribution in [0.5, 0.6) is 11.5 Å². The topological polar surface area (TPSA) is 71.1 Å². The number of hydrogen-bond donors (Lipinski definition) is 0. The Kier molecular flexibility index (Phi) is 5.91. The quantitative estimate of drug-likeness (QED) is 0.468. The molecule has 4 rings (SSSR count). The summed E-state index contributed by atoms with van der Waals surface area (Å²) in [5.41, 5.74) is 1.42. The molecule has 2 aliphatic heterocycles. The Morgan fingerprint density at radius 1 is 1.00 bits per heavy atom. The molecule has 6 nitrogen and oxygen atoms in total. The number of ether oxygens (including phenoxy) is 4. The van der Waals surface area contributed by atoms with Gasteiger partial charge in [0.1, 0.15) is 31.2 Å². The van der Waals surface area contributed by atoms with Crippen molar-refractivity contribution in [3.05, 3.63) is 60.4 Å². The number of esters is 2. The van der Waals surface area contributed by atoms with Crippen molar-refractivity contribution >= 4 is 11.9 Å². The molecule has 0 N–H and O–H groups in total. The molecule has 2 heterocycles. The maximum Gasteiger partial charge on any atom is 0.333 e. The number of rotatable bonds is 7. The van der Waals surface area contributed by atoms with E-state index in [1.165, 1.54) is 6.07 Å². The molecule has 0 radical (unpaired) electrons. The summed E-state index contributed by atoms with van der Waals surface area (Å²) in [6.45, 7) is 7.65. The molecule has 0 aromatic heterocycles. The van der Waals surface area contributed by atoms with Gasteiger partial charge in [-0.3, -0.25) is 4.79 Å². The zero-order chi connectivity index (χ0) is 22.9. The number of hydrogen-bond acceptors (Lipinski definition) is 6. The summed E-state index contributed by atoms with van der Waals surface area (Å²) < 4.78 is 36.2. The molecule has 2 unspecified atom stereocenters. The lowest BCUT2D eigenvalue weighted by molar-refractivity contribution is -0.148. The van der Waals surface area contributed by atoms with E-state index in [9.17, 15) is 14.0 Å². The fourth-order valence-corrected chi connectivity index (χ4v) is 3.74. The van der Waals surface area contributed by atoms with Crippen LogP contribution >= 0.6 is 0 Å². The zero-order valence-corrected chi connectivity index (χ0v) is 18.1. The van der Waals surface area contributed by atoms with Crippen LogP contribution in [0.15, 0.2) is 54.6 Å². The standard InChI is InChI=1S/C25H25FO6/c1-15-10-19(31-23(15)27)13-29-18-7-4-16(5-8-18)17-6-9-22(21(26)11-17)30-14-20-12-25(2,3)24(28)32-20/h4-9,11,19-20H,1,10,12-14H2,2-3H3. The molecule has 168 valence electrons.